The quantitative estimate of drug-likeness (QED) is 0.0570. The zero-order valence-corrected chi connectivity index (χ0v) is 47.2. The summed E-state index contributed by atoms with van der Waals surface area (Å²) in [6.45, 7) is 30.5. The molecule has 18 nitrogen and oxygen atoms in total. The Hall–Kier alpha value is -4.38. The molecule has 0 heterocycles. The minimum atomic E-state index is -1.03. The van der Waals surface area contributed by atoms with E-state index in [0.717, 1.165) is 77.0 Å². The van der Waals surface area contributed by atoms with Crippen LogP contribution in [-0.4, -0.2) is 146 Å². The molecule has 18 heteroatoms. The fourth-order valence-corrected chi connectivity index (χ4v) is 11.0. The Morgan fingerprint density at radius 1 is 0.389 bits per heavy atom. The Labute approximate surface area is 434 Å². The van der Waals surface area contributed by atoms with E-state index in [0.29, 0.717) is 83.1 Å². The maximum absolute atomic E-state index is 13.3. The molecule has 3 saturated carbocycles. The van der Waals surface area contributed by atoms with Crippen LogP contribution in [0.1, 0.15) is 173 Å². The van der Waals surface area contributed by atoms with Crippen LogP contribution in [0, 0.1) is 40.9 Å². The van der Waals surface area contributed by atoms with Crippen molar-refractivity contribution in [1.82, 2.24) is 46.6 Å². The first-order chi connectivity index (χ1) is 33.8. The summed E-state index contributed by atoms with van der Waals surface area (Å²) in [4.78, 5) is 84.2. The highest BCUT2D eigenvalue weighted by Gasteiger charge is 2.36. The molecule has 0 radical (unpaired) electrons. The average molecular weight is 1020 g/mol. The van der Waals surface area contributed by atoms with E-state index in [-0.39, 0.29) is 72.3 Å². The van der Waals surface area contributed by atoms with Gasteiger partial charge in [-0.1, -0.05) is 26.2 Å². The summed E-state index contributed by atoms with van der Waals surface area (Å²) < 4.78 is 17.5. The Morgan fingerprint density at radius 3 is 0.806 bits per heavy atom. The predicted octanol–water partition coefficient (Wildman–Crippen LogP) is 9.47. The lowest BCUT2D eigenvalue weighted by atomic mass is 9.81. The monoisotopic (exact) mass is 1020 g/mol. The molecule has 0 aromatic rings. The van der Waals surface area contributed by atoms with Gasteiger partial charge in [0.05, 0.1) is 5.41 Å². The molecule has 3 rings (SSSR count). The van der Waals surface area contributed by atoms with E-state index in [1.54, 1.807) is 0 Å². The van der Waals surface area contributed by atoms with Crippen molar-refractivity contribution in [3.05, 3.63) is 0 Å². The highest BCUT2D eigenvalue weighted by molar-refractivity contribution is 5.76. The lowest BCUT2D eigenvalue weighted by Crippen LogP contribution is -2.51. The molecule has 0 aromatic carbocycles. The van der Waals surface area contributed by atoms with E-state index in [1.807, 2.05) is 105 Å². The molecule has 0 saturated heterocycles. The molecule has 6 N–H and O–H groups in total. The summed E-state index contributed by atoms with van der Waals surface area (Å²) in [5.41, 5.74) is -1.85. The maximum Gasteiger partial charge on any atom is 0.407 e. The van der Waals surface area contributed by atoms with E-state index >= 15 is 0 Å². The zero-order valence-electron chi connectivity index (χ0n) is 47.2. The van der Waals surface area contributed by atoms with Gasteiger partial charge in [0, 0.05) is 75.5 Å². The lowest BCUT2D eigenvalue weighted by Gasteiger charge is -2.36. The number of carbonyl (C=O) groups is 6. The number of carbonyl (C=O) groups excluding carboxylic acids is 6. The second-order valence-corrected chi connectivity index (χ2v) is 24.2. The molecule has 72 heavy (non-hydrogen) atoms. The molecule has 3 aliphatic rings. The van der Waals surface area contributed by atoms with Gasteiger partial charge in [-0.25, -0.2) is 28.8 Å². The van der Waals surface area contributed by atoms with E-state index in [9.17, 15) is 28.8 Å². The van der Waals surface area contributed by atoms with Gasteiger partial charge in [-0.2, -0.15) is 0 Å². The molecule has 3 aliphatic carbocycles. The van der Waals surface area contributed by atoms with E-state index in [2.05, 4.69) is 31.9 Å². The van der Waals surface area contributed by atoms with Crippen LogP contribution < -0.4 is 31.9 Å². The van der Waals surface area contributed by atoms with Gasteiger partial charge in [0.25, 0.3) is 0 Å². The summed E-state index contributed by atoms with van der Waals surface area (Å²) in [6.07, 6.45) is 10.1. The van der Waals surface area contributed by atoms with Gasteiger partial charge >= 0.3 is 36.4 Å². The van der Waals surface area contributed by atoms with Crippen molar-refractivity contribution in [3.63, 3.8) is 0 Å². The highest BCUT2D eigenvalue weighted by atomic mass is 16.6. The number of alkyl carbamates (subject to hydrolysis) is 3. The van der Waals surface area contributed by atoms with Crippen LogP contribution in [0.3, 0.4) is 0 Å². The fraction of sp³-hybridized carbons (Fsp3) is 0.889. The van der Waals surface area contributed by atoms with Gasteiger partial charge in [0.2, 0.25) is 0 Å². The summed E-state index contributed by atoms with van der Waals surface area (Å²) >= 11 is 0. The number of amides is 9. The molecule has 6 unspecified atom stereocenters. The van der Waals surface area contributed by atoms with E-state index < -0.39 is 23.7 Å². The normalized spacial score (nSPS) is 22.5. The second-order valence-electron chi connectivity index (χ2n) is 24.2. The number of hydrogen-bond donors (Lipinski definition) is 6. The summed E-state index contributed by atoms with van der Waals surface area (Å²) in [7, 11) is 0. The molecule has 0 aromatic heterocycles. The maximum atomic E-state index is 13.3. The first-order valence-corrected chi connectivity index (χ1v) is 27.7. The molecule has 416 valence electrons. The Bertz CT molecular complexity index is 1510. The van der Waals surface area contributed by atoms with Gasteiger partial charge in [0.15, 0.2) is 0 Å². The molecular weight excluding hydrogens is 919 g/mol. The second kappa shape index (κ2) is 29.5. The third-order valence-electron chi connectivity index (χ3n) is 15.3. The summed E-state index contributed by atoms with van der Waals surface area (Å²) in [5.74, 6) is 1.59. The van der Waals surface area contributed by atoms with Gasteiger partial charge in [-0.3, -0.25) is 0 Å². The summed E-state index contributed by atoms with van der Waals surface area (Å²) in [5, 5.41) is 18.2. The summed E-state index contributed by atoms with van der Waals surface area (Å²) in [6, 6.07) is -0.197. The van der Waals surface area contributed by atoms with Gasteiger partial charge in [-0.15, -0.1) is 0 Å². The van der Waals surface area contributed by atoms with Crippen molar-refractivity contribution in [2.45, 2.75) is 190 Å². The number of nitrogens with one attached hydrogen (secondary N) is 6. The molecule has 0 spiro atoms. The first kappa shape index (κ1) is 61.9. The minimum absolute atomic E-state index is 0.0656. The van der Waals surface area contributed by atoms with Crippen molar-refractivity contribution in [1.29, 1.82) is 0 Å². The van der Waals surface area contributed by atoms with Gasteiger partial charge < -0.3 is 60.8 Å². The standard InChI is InChI=1S/C54H101N9O9/c1-14-54(36-70-48(67)58-33-42-24-18-21-39(27-42)30-55-45(64)61(15-2)51(5,6)7,37-71-49(68)59-34-43-25-19-22-40(28-43)31-56-46(65)62(16-3)52(8,9)10)38-72-50(69)60-35-44-26-20-23-41(29-44)32-57-47(66)63(17-4)53(11,12)13/h39-44H,14-38H2,1-13H3,(H,55,64)(H,56,65)(H,57,66)(H,58,67)(H,59,68)(H,60,69). The molecule has 0 bridgehead atoms. The Kier molecular flexibility index (Phi) is 25.4. The number of ether oxygens (including phenoxy) is 3. The SMILES string of the molecule is CCN(C(=O)NCC1CCCC(CNC(=O)OCC(CC)(COC(=O)NCC2CCCC(CNC(=O)N(CC)C(C)(C)C)C2)COC(=O)NCC2CCCC(CNC(=O)N(CC)C(C)(C)C)C2)C1)C(C)(C)C. The highest BCUT2D eigenvalue weighted by Crippen LogP contribution is 2.32. The average Bonchev–Trinajstić information content (AvgIpc) is 3.32. The number of urea groups is 3. The molecular formula is C54H101N9O9. The number of hydrogen-bond acceptors (Lipinski definition) is 9. The van der Waals surface area contributed by atoms with Gasteiger partial charge in [0.1, 0.15) is 19.8 Å². The largest absolute Gasteiger partial charge is 0.449 e. The van der Waals surface area contributed by atoms with Crippen molar-refractivity contribution in [2.75, 3.05) is 78.7 Å². The van der Waals surface area contributed by atoms with Crippen LogP contribution in [0.4, 0.5) is 28.8 Å². The van der Waals surface area contributed by atoms with Gasteiger partial charge in [-0.05, 0) is 183 Å². The Balaban J connectivity index is 1.57. The van der Waals surface area contributed by atoms with Crippen LogP contribution >= 0.6 is 0 Å². The van der Waals surface area contributed by atoms with E-state index in [4.69, 9.17) is 14.2 Å². The third-order valence-corrected chi connectivity index (χ3v) is 15.3. The van der Waals surface area contributed by atoms with Crippen LogP contribution in [0.5, 0.6) is 0 Å². The lowest BCUT2D eigenvalue weighted by molar-refractivity contribution is -0.0181. The number of rotatable bonds is 22. The van der Waals surface area contributed by atoms with Crippen LogP contribution in [0.25, 0.3) is 0 Å². The van der Waals surface area contributed by atoms with Crippen LogP contribution in [0.15, 0.2) is 0 Å². The van der Waals surface area contributed by atoms with Crippen molar-refractivity contribution in [3.8, 4) is 0 Å². The van der Waals surface area contributed by atoms with Crippen LogP contribution in [0.2, 0.25) is 0 Å². The minimum Gasteiger partial charge on any atom is -0.449 e. The topological polar surface area (TPSA) is 212 Å². The smallest absolute Gasteiger partial charge is 0.407 e. The van der Waals surface area contributed by atoms with Crippen molar-refractivity contribution < 1.29 is 43.0 Å². The zero-order chi connectivity index (χ0) is 53.7. The third kappa shape index (κ3) is 21.6. The Morgan fingerprint density at radius 2 is 0.611 bits per heavy atom. The number of nitrogens with zero attached hydrogens (tertiary/aromatic N) is 3. The van der Waals surface area contributed by atoms with E-state index in [1.165, 1.54) is 0 Å². The van der Waals surface area contributed by atoms with Crippen LogP contribution in [-0.2, 0) is 14.2 Å². The molecule has 0 aliphatic heterocycles. The fourth-order valence-electron chi connectivity index (χ4n) is 11.0. The first-order valence-electron chi connectivity index (χ1n) is 27.7. The van der Waals surface area contributed by atoms with Crippen molar-refractivity contribution >= 4 is 36.4 Å². The predicted molar refractivity (Wildman–Crippen MR) is 284 cm³/mol. The molecule has 9 amide bonds. The van der Waals surface area contributed by atoms with Crippen molar-refractivity contribution in [2.24, 2.45) is 40.9 Å². The molecule has 6 atom stereocenters. The molecule has 3 fully saturated rings.